The molecule has 2 aliphatic heterocycles. The summed E-state index contributed by atoms with van der Waals surface area (Å²) in [7, 11) is 2.55. The number of carbonyl (C=O) groups is 3. The van der Waals surface area contributed by atoms with Gasteiger partial charge in [-0.25, -0.2) is 0 Å². The van der Waals surface area contributed by atoms with Crippen LogP contribution in [0.1, 0.15) is 36.6 Å². The second-order valence-electron chi connectivity index (χ2n) is 8.09. The van der Waals surface area contributed by atoms with E-state index in [1.165, 1.54) is 14.2 Å². The van der Waals surface area contributed by atoms with Gasteiger partial charge >= 0.3 is 17.9 Å². The van der Waals surface area contributed by atoms with Crippen LogP contribution in [-0.2, 0) is 28.6 Å². The Hall–Kier alpha value is -3.19. The van der Waals surface area contributed by atoms with E-state index in [9.17, 15) is 14.4 Å². The number of nitrogens with zero attached hydrogens (tertiary/aromatic N) is 1. The molecule has 0 aliphatic carbocycles. The summed E-state index contributed by atoms with van der Waals surface area (Å²) in [5, 5.41) is 0. The van der Waals surface area contributed by atoms with Crippen molar-refractivity contribution in [3.05, 3.63) is 71.8 Å². The summed E-state index contributed by atoms with van der Waals surface area (Å²) in [5.74, 6) is -3.53. The molecule has 0 N–H and O–H groups in total. The van der Waals surface area contributed by atoms with Gasteiger partial charge in [-0.15, -0.1) is 0 Å². The van der Waals surface area contributed by atoms with Crippen LogP contribution in [0.3, 0.4) is 0 Å². The molecule has 7 heteroatoms. The Morgan fingerprint density at radius 1 is 0.844 bits per heavy atom. The average molecular weight is 437 g/mol. The van der Waals surface area contributed by atoms with Crippen molar-refractivity contribution >= 4 is 17.9 Å². The molecule has 2 aliphatic rings. The van der Waals surface area contributed by atoms with Gasteiger partial charge in [-0.2, -0.15) is 0 Å². The van der Waals surface area contributed by atoms with Crippen molar-refractivity contribution in [2.24, 2.45) is 11.8 Å². The Balaban J connectivity index is 1.90. The number of rotatable bonds is 5. The zero-order chi connectivity index (χ0) is 22.8. The van der Waals surface area contributed by atoms with E-state index >= 15 is 0 Å². The molecule has 0 radical (unpaired) electrons. The average Bonchev–Trinajstić information content (AvgIpc) is 3.19. The van der Waals surface area contributed by atoms with Crippen LogP contribution < -0.4 is 0 Å². The van der Waals surface area contributed by atoms with Crippen LogP contribution in [0.15, 0.2) is 60.7 Å². The van der Waals surface area contributed by atoms with E-state index < -0.39 is 47.9 Å². The first kappa shape index (κ1) is 22.0. The van der Waals surface area contributed by atoms with Crippen LogP contribution in [0.5, 0.6) is 0 Å². The Morgan fingerprint density at radius 3 is 1.91 bits per heavy atom. The minimum absolute atomic E-state index is 0.381. The second-order valence-corrected chi connectivity index (χ2v) is 8.09. The standard InChI is InChI=1S/C25H27NO6/c1-4-17-18(23(27)30-2)19(24(28)31-3)21-25(29)32-22(16-13-9-6-10-14-16)20(26(17)21)15-11-7-5-8-12-15/h5-14,17-22H,4H2,1-3H3/t17-,18+,19+,20-,21-,22+/m0/s1. The van der Waals surface area contributed by atoms with Gasteiger partial charge in [0, 0.05) is 6.04 Å². The van der Waals surface area contributed by atoms with Gasteiger partial charge in [-0.1, -0.05) is 67.6 Å². The zero-order valence-corrected chi connectivity index (χ0v) is 18.3. The molecule has 32 heavy (non-hydrogen) atoms. The maximum absolute atomic E-state index is 13.4. The molecular formula is C25H27NO6. The van der Waals surface area contributed by atoms with Crippen molar-refractivity contribution in [1.82, 2.24) is 4.90 Å². The first-order chi connectivity index (χ1) is 15.5. The van der Waals surface area contributed by atoms with Gasteiger partial charge in [-0.3, -0.25) is 19.3 Å². The Kier molecular flexibility index (Phi) is 6.28. The zero-order valence-electron chi connectivity index (χ0n) is 18.3. The van der Waals surface area contributed by atoms with Crippen LogP contribution in [0.25, 0.3) is 0 Å². The van der Waals surface area contributed by atoms with Gasteiger partial charge in [0.05, 0.1) is 32.1 Å². The van der Waals surface area contributed by atoms with Crippen molar-refractivity contribution < 1.29 is 28.6 Å². The van der Waals surface area contributed by atoms with E-state index in [-0.39, 0.29) is 6.04 Å². The molecular weight excluding hydrogens is 410 g/mol. The second kappa shape index (κ2) is 9.12. The van der Waals surface area contributed by atoms with E-state index in [1.54, 1.807) is 0 Å². The first-order valence-corrected chi connectivity index (χ1v) is 10.8. The summed E-state index contributed by atoms with van der Waals surface area (Å²) in [6, 6.07) is 17.5. The lowest BCUT2D eigenvalue weighted by Gasteiger charge is -2.45. The minimum atomic E-state index is -1.01. The highest BCUT2D eigenvalue weighted by molar-refractivity contribution is 5.91. The molecule has 4 rings (SSSR count). The van der Waals surface area contributed by atoms with E-state index in [1.807, 2.05) is 72.5 Å². The maximum Gasteiger partial charge on any atom is 0.325 e. The Labute approximate surface area is 187 Å². The van der Waals surface area contributed by atoms with Gasteiger partial charge in [0.25, 0.3) is 0 Å². The van der Waals surface area contributed by atoms with Crippen molar-refractivity contribution in [3.63, 3.8) is 0 Å². The molecule has 0 spiro atoms. The fraction of sp³-hybridized carbons (Fsp3) is 0.400. The van der Waals surface area contributed by atoms with Gasteiger partial charge < -0.3 is 14.2 Å². The van der Waals surface area contributed by atoms with Gasteiger partial charge in [0.2, 0.25) is 0 Å². The number of methoxy groups -OCH3 is 2. The van der Waals surface area contributed by atoms with Crippen molar-refractivity contribution in [2.75, 3.05) is 14.2 Å². The molecule has 2 saturated heterocycles. The quantitative estimate of drug-likeness (QED) is 0.525. The highest BCUT2D eigenvalue weighted by Gasteiger charge is 2.63. The van der Waals surface area contributed by atoms with Gasteiger partial charge in [-0.05, 0) is 17.5 Å². The number of hydrogen-bond acceptors (Lipinski definition) is 7. The fourth-order valence-corrected chi connectivity index (χ4v) is 5.28. The minimum Gasteiger partial charge on any atom is -0.469 e. The number of esters is 3. The molecule has 2 fully saturated rings. The third-order valence-corrected chi connectivity index (χ3v) is 6.57. The predicted molar refractivity (Wildman–Crippen MR) is 115 cm³/mol. The number of carbonyl (C=O) groups excluding carboxylic acids is 3. The number of ether oxygens (including phenoxy) is 3. The number of morpholine rings is 1. The lowest BCUT2D eigenvalue weighted by Crippen LogP contribution is -2.53. The number of hydrogen-bond donors (Lipinski definition) is 0. The summed E-state index contributed by atoms with van der Waals surface area (Å²) >= 11 is 0. The molecule has 0 saturated carbocycles. The summed E-state index contributed by atoms with van der Waals surface area (Å²) in [6.45, 7) is 1.94. The largest absolute Gasteiger partial charge is 0.469 e. The van der Waals surface area contributed by atoms with Crippen molar-refractivity contribution in [2.45, 2.75) is 37.6 Å². The highest BCUT2D eigenvalue weighted by atomic mass is 16.6. The van der Waals surface area contributed by atoms with Crippen molar-refractivity contribution in [1.29, 1.82) is 0 Å². The van der Waals surface area contributed by atoms with Crippen LogP contribution in [0.4, 0.5) is 0 Å². The van der Waals surface area contributed by atoms with E-state index in [0.717, 1.165) is 11.1 Å². The number of benzene rings is 2. The fourth-order valence-electron chi connectivity index (χ4n) is 5.28. The molecule has 0 unspecified atom stereocenters. The van der Waals surface area contributed by atoms with Crippen LogP contribution >= 0.6 is 0 Å². The normalized spacial score (nSPS) is 29.7. The van der Waals surface area contributed by atoms with Crippen LogP contribution in [0, 0.1) is 11.8 Å². The van der Waals surface area contributed by atoms with E-state index in [2.05, 4.69) is 0 Å². The summed E-state index contributed by atoms with van der Waals surface area (Å²) < 4.78 is 16.1. The van der Waals surface area contributed by atoms with Gasteiger partial charge in [0.1, 0.15) is 12.1 Å². The van der Waals surface area contributed by atoms with Crippen molar-refractivity contribution in [3.8, 4) is 0 Å². The monoisotopic (exact) mass is 437 g/mol. The summed E-state index contributed by atoms with van der Waals surface area (Å²) in [4.78, 5) is 41.0. The lowest BCUT2D eigenvalue weighted by molar-refractivity contribution is -0.180. The molecule has 2 aromatic carbocycles. The molecule has 168 valence electrons. The van der Waals surface area contributed by atoms with Crippen LogP contribution in [0.2, 0.25) is 0 Å². The first-order valence-electron chi connectivity index (χ1n) is 10.8. The smallest absolute Gasteiger partial charge is 0.325 e. The van der Waals surface area contributed by atoms with E-state index in [4.69, 9.17) is 14.2 Å². The van der Waals surface area contributed by atoms with E-state index in [0.29, 0.717) is 6.42 Å². The molecule has 7 nitrogen and oxygen atoms in total. The third kappa shape index (κ3) is 3.56. The third-order valence-electron chi connectivity index (χ3n) is 6.57. The number of fused-ring (bicyclic) bond motifs is 1. The Morgan fingerprint density at radius 2 is 1.38 bits per heavy atom. The molecule has 0 bridgehead atoms. The predicted octanol–water partition coefficient (Wildman–Crippen LogP) is 3.07. The number of cyclic esters (lactones) is 1. The highest BCUT2D eigenvalue weighted by Crippen LogP contribution is 2.52. The lowest BCUT2D eigenvalue weighted by atomic mass is 9.86. The summed E-state index contributed by atoms with van der Waals surface area (Å²) in [6.07, 6.45) is -0.0480. The summed E-state index contributed by atoms with van der Waals surface area (Å²) in [5.41, 5.74) is 1.78. The molecule has 6 atom stereocenters. The molecule has 2 aromatic rings. The molecule has 0 aromatic heterocycles. The maximum atomic E-state index is 13.4. The van der Waals surface area contributed by atoms with Crippen LogP contribution in [-0.4, -0.2) is 49.1 Å². The SMILES string of the molecule is CC[C@H]1[C@@H](C(=O)OC)[C@@H](C(=O)OC)[C@H]2C(=O)O[C@H](c3ccccc3)[C@H](c3ccccc3)N21. The topological polar surface area (TPSA) is 82.1 Å². The van der Waals surface area contributed by atoms with Gasteiger partial charge in [0.15, 0.2) is 0 Å². The Bertz CT molecular complexity index is 978. The molecule has 0 amide bonds. The molecule has 2 heterocycles.